The molecule has 1 aromatic carbocycles. The fourth-order valence-electron chi connectivity index (χ4n) is 2.64. The zero-order valence-corrected chi connectivity index (χ0v) is 11.8. The predicted molar refractivity (Wildman–Crippen MR) is 73.2 cm³/mol. The molecule has 2 rings (SSSR count). The second kappa shape index (κ2) is 5.55. The molecule has 0 spiro atoms. The molecule has 1 unspecified atom stereocenters. The van der Waals surface area contributed by atoms with Gasteiger partial charge in [-0.3, -0.25) is 0 Å². The summed E-state index contributed by atoms with van der Waals surface area (Å²) in [6, 6.07) is 4.29. The molecule has 4 heteroatoms. The van der Waals surface area contributed by atoms with E-state index in [0.717, 1.165) is 25.6 Å². The molecular weight excluding hydrogens is 246 g/mol. The molecule has 1 heterocycles. The fraction of sp³-hybridized carbons (Fsp3) is 0.600. The average molecular weight is 268 g/mol. The molecule has 106 valence electrons. The fourth-order valence-corrected chi connectivity index (χ4v) is 2.64. The van der Waals surface area contributed by atoms with Gasteiger partial charge in [-0.2, -0.15) is 0 Å². The van der Waals surface area contributed by atoms with Gasteiger partial charge in [0.15, 0.2) is 0 Å². The van der Waals surface area contributed by atoms with Crippen molar-refractivity contribution in [1.82, 2.24) is 10.2 Å². The van der Waals surface area contributed by atoms with Crippen LogP contribution in [0, 0.1) is 11.6 Å². The normalized spacial score (nSPS) is 22.1. The van der Waals surface area contributed by atoms with Crippen LogP contribution < -0.4 is 5.32 Å². The van der Waals surface area contributed by atoms with E-state index in [1.165, 1.54) is 12.1 Å². The third kappa shape index (κ3) is 3.74. The van der Waals surface area contributed by atoms with Crippen LogP contribution in [-0.2, 0) is 6.42 Å². The lowest BCUT2D eigenvalue weighted by atomic mass is 10.0. The zero-order valence-electron chi connectivity index (χ0n) is 11.8. The standard InChI is InChI=1S/C15H22F2N2/c1-15(2)9-13(10-18-15)19(3)7-6-11-4-5-12(16)8-14(11)17/h4-5,8,13,18H,6-7,9-10H2,1-3H3. The minimum Gasteiger partial charge on any atom is -0.310 e. The van der Waals surface area contributed by atoms with E-state index in [9.17, 15) is 8.78 Å². The Morgan fingerprint density at radius 2 is 2.11 bits per heavy atom. The minimum absolute atomic E-state index is 0.181. The van der Waals surface area contributed by atoms with Crippen LogP contribution in [0.5, 0.6) is 0 Å². The lowest BCUT2D eigenvalue weighted by Gasteiger charge is -2.25. The molecule has 1 aliphatic heterocycles. The third-order valence-corrected chi connectivity index (χ3v) is 3.93. The molecular formula is C15H22F2N2. The summed E-state index contributed by atoms with van der Waals surface area (Å²) >= 11 is 0. The monoisotopic (exact) mass is 268 g/mol. The molecule has 19 heavy (non-hydrogen) atoms. The SMILES string of the molecule is CN(CCc1ccc(F)cc1F)C1CNC(C)(C)C1. The maximum absolute atomic E-state index is 13.5. The van der Waals surface area contributed by atoms with Gasteiger partial charge in [-0.1, -0.05) is 6.07 Å². The van der Waals surface area contributed by atoms with E-state index in [-0.39, 0.29) is 5.54 Å². The van der Waals surface area contributed by atoms with Crippen molar-refractivity contribution in [2.75, 3.05) is 20.1 Å². The molecule has 0 amide bonds. The van der Waals surface area contributed by atoms with Crippen molar-refractivity contribution in [2.45, 2.75) is 38.3 Å². The number of hydrogen-bond acceptors (Lipinski definition) is 2. The summed E-state index contributed by atoms with van der Waals surface area (Å²) in [6.07, 6.45) is 1.70. The molecule has 0 aliphatic carbocycles. The molecule has 2 nitrogen and oxygen atoms in total. The van der Waals surface area contributed by atoms with Gasteiger partial charge >= 0.3 is 0 Å². The van der Waals surface area contributed by atoms with E-state index in [1.54, 1.807) is 0 Å². The van der Waals surface area contributed by atoms with E-state index in [2.05, 4.69) is 31.1 Å². The first-order valence-electron chi connectivity index (χ1n) is 6.76. The zero-order chi connectivity index (χ0) is 14.0. The lowest BCUT2D eigenvalue weighted by molar-refractivity contribution is 0.250. The van der Waals surface area contributed by atoms with Crippen molar-refractivity contribution >= 4 is 0 Å². The third-order valence-electron chi connectivity index (χ3n) is 3.93. The summed E-state index contributed by atoms with van der Waals surface area (Å²) in [5, 5.41) is 3.48. The van der Waals surface area contributed by atoms with Crippen LogP contribution in [0.15, 0.2) is 18.2 Å². The Labute approximate surface area is 113 Å². The number of halogens is 2. The molecule has 1 atom stereocenters. The van der Waals surface area contributed by atoms with Gasteiger partial charge in [0.05, 0.1) is 0 Å². The van der Waals surface area contributed by atoms with Gasteiger partial charge in [-0.25, -0.2) is 8.78 Å². The number of likely N-dealkylation sites (N-methyl/N-ethyl adjacent to an activating group) is 1. The second-order valence-electron chi connectivity index (χ2n) is 6.09. The first kappa shape index (κ1) is 14.4. The highest BCUT2D eigenvalue weighted by atomic mass is 19.1. The molecule has 1 fully saturated rings. The van der Waals surface area contributed by atoms with Gasteiger partial charge < -0.3 is 10.2 Å². The van der Waals surface area contributed by atoms with Crippen LogP contribution >= 0.6 is 0 Å². The van der Waals surface area contributed by atoms with Crippen LogP contribution in [0.2, 0.25) is 0 Å². The highest BCUT2D eigenvalue weighted by Gasteiger charge is 2.32. The van der Waals surface area contributed by atoms with E-state index < -0.39 is 11.6 Å². The molecule has 0 bridgehead atoms. The smallest absolute Gasteiger partial charge is 0.129 e. The van der Waals surface area contributed by atoms with Crippen LogP contribution in [0.1, 0.15) is 25.8 Å². The van der Waals surface area contributed by atoms with Crippen molar-refractivity contribution in [3.05, 3.63) is 35.4 Å². The molecule has 1 aliphatic rings. The maximum atomic E-state index is 13.5. The average Bonchev–Trinajstić information content (AvgIpc) is 2.68. The Morgan fingerprint density at radius 3 is 2.68 bits per heavy atom. The number of nitrogens with one attached hydrogen (secondary N) is 1. The summed E-state index contributed by atoms with van der Waals surface area (Å²) in [5.41, 5.74) is 0.763. The van der Waals surface area contributed by atoms with Gasteiger partial charge in [0.1, 0.15) is 11.6 Å². The van der Waals surface area contributed by atoms with E-state index in [4.69, 9.17) is 0 Å². The Balaban J connectivity index is 1.88. The van der Waals surface area contributed by atoms with Crippen LogP contribution in [0.4, 0.5) is 8.78 Å². The molecule has 0 radical (unpaired) electrons. The number of rotatable bonds is 4. The van der Waals surface area contributed by atoms with Crippen molar-refractivity contribution in [2.24, 2.45) is 0 Å². The summed E-state index contributed by atoms with van der Waals surface area (Å²) < 4.78 is 26.3. The topological polar surface area (TPSA) is 15.3 Å². The van der Waals surface area contributed by atoms with Gasteiger partial charge in [-0.05, 0) is 45.4 Å². The van der Waals surface area contributed by atoms with Crippen LogP contribution in [0.25, 0.3) is 0 Å². The summed E-state index contributed by atoms with van der Waals surface area (Å²) in [5.74, 6) is -0.963. The molecule has 1 aromatic rings. The van der Waals surface area contributed by atoms with E-state index in [1.807, 2.05) is 0 Å². The van der Waals surface area contributed by atoms with Crippen LogP contribution in [-0.4, -0.2) is 36.6 Å². The molecule has 1 N–H and O–H groups in total. The lowest BCUT2D eigenvalue weighted by Crippen LogP contribution is -2.34. The maximum Gasteiger partial charge on any atom is 0.129 e. The highest BCUT2D eigenvalue weighted by molar-refractivity contribution is 5.18. The predicted octanol–water partition coefficient (Wildman–Crippen LogP) is 2.58. The summed E-state index contributed by atoms with van der Waals surface area (Å²) in [4.78, 5) is 2.25. The van der Waals surface area contributed by atoms with Crippen LogP contribution in [0.3, 0.4) is 0 Å². The first-order chi connectivity index (χ1) is 8.87. The van der Waals surface area contributed by atoms with E-state index >= 15 is 0 Å². The Bertz CT molecular complexity index is 446. The van der Waals surface area contributed by atoms with Crippen molar-refractivity contribution in [3.63, 3.8) is 0 Å². The Hall–Kier alpha value is -1.00. The molecule has 0 saturated carbocycles. The summed E-state index contributed by atoms with van der Waals surface area (Å²) in [6.45, 7) is 6.14. The summed E-state index contributed by atoms with van der Waals surface area (Å²) in [7, 11) is 2.06. The number of benzene rings is 1. The van der Waals surface area contributed by atoms with Gasteiger partial charge in [0, 0.05) is 30.7 Å². The number of nitrogens with zero attached hydrogens (tertiary/aromatic N) is 1. The van der Waals surface area contributed by atoms with Crippen molar-refractivity contribution < 1.29 is 8.78 Å². The minimum atomic E-state index is -0.517. The highest BCUT2D eigenvalue weighted by Crippen LogP contribution is 2.21. The van der Waals surface area contributed by atoms with Gasteiger partial charge in [-0.15, -0.1) is 0 Å². The Kier molecular flexibility index (Phi) is 4.21. The number of hydrogen-bond donors (Lipinski definition) is 1. The van der Waals surface area contributed by atoms with Gasteiger partial charge in [0.25, 0.3) is 0 Å². The largest absolute Gasteiger partial charge is 0.310 e. The second-order valence-corrected chi connectivity index (χ2v) is 6.09. The Morgan fingerprint density at radius 1 is 1.37 bits per heavy atom. The van der Waals surface area contributed by atoms with Crippen molar-refractivity contribution in [1.29, 1.82) is 0 Å². The van der Waals surface area contributed by atoms with Crippen molar-refractivity contribution in [3.8, 4) is 0 Å². The quantitative estimate of drug-likeness (QED) is 0.903. The molecule has 0 aromatic heterocycles. The first-order valence-corrected chi connectivity index (χ1v) is 6.76. The van der Waals surface area contributed by atoms with E-state index in [0.29, 0.717) is 18.0 Å². The van der Waals surface area contributed by atoms with Gasteiger partial charge in [0.2, 0.25) is 0 Å². The molecule has 1 saturated heterocycles.